The fraction of sp³-hybridized carbons (Fsp3) is 0.300. The van der Waals surface area contributed by atoms with Gasteiger partial charge in [0.2, 0.25) is 5.91 Å². The molecule has 0 spiro atoms. The molecule has 0 saturated carbocycles. The van der Waals surface area contributed by atoms with Gasteiger partial charge in [-0.25, -0.2) is 4.98 Å². The van der Waals surface area contributed by atoms with Crippen LogP contribution in [0.25, 0.3) is 0 Å². The SMILES string of the molecule is Cc1cc(NC(=O)Cc2csc(C)n2)sn1. The van der Waals surface area contributed by atoms with Crippen LogP contribution in [0.2, 0.25) is 0 Å². The van der Waals surface area contributed by atoms with E-state index in [1.165, 1.54) is 11.5 Å². The minimum atomic E-state index is -0.0473. The molecule has 0 bridgehead atoms. The Balaban J connectivity index is 1.94. The molecule has 0 aliphatic rings. The zero-order chi connectivity index (χ0) is 11.5. The third-order valence-corrected chi connectivity index (χ3v) is 3.52. The summed E-state index contributed by atoms with van der Waals surface area (Å²) in [5.41, 5.74) is 1.74. The summed E-state index contributed by atoms with van der Waals surface area (Å²) < 4.78 is 4.09. The maximum Gasteiger partial charge on any atom is 0.231 e. The fourth-order valence-corrected chi connectivity index (χ4v) is 2.55. The van der Waals surface area contributed by atoms with Crippen LogP contribution in [0.3, 0.4) is 0 Å². The van der Waals surface area contributed by atoms with Crippen LogP contribution in [0.5, 0.6) is 0 Å². The van der Waals surface area contributed by atoms with Crippen LogP contribution in [-0.4, -0.2) is 15.3 Å². The van der Waals surface area contributed by atoms with Crippen molar-refractivity contribution in [2.75, 3.05) is 5.32 Å². The van der Waals surface area contributed by atoms with E-state index in [1.54, 1.807) is 11.3 Å². The zero-order valence-electron chi connectivity index (χ0n) is 8.98. The van der Waals surface area contributed by atoms with E-state index in [1.807, 2.05) is 25.3 Å². The van der Waals surface area contributed by atoms with Crippen molar-refractivity contribution in [1.29, 1.82) is 0 Å². The Bertz CT molecular complexity index is 459. The molecule has 2 heterocycles. The number of carbonyl (C=O) groups is 1. The lowest BCUT2D eigenvalue weighted by Gasteiger charge is -1.98. The molecule has 0 fully saturated rings. The molecule has 2 rings (SSSR count). The van der Waals surface area contributed by atoms with E-state index >= 15 is 0 Å². The van der Waals surface area contributed by atoms with Gasteiger partial charge in [0.05, 0.1) is 22.8 Å². The van der Waals surface area contributed by atoms with Gasteiger partial charge in [0.15, 0.2) is 0 Å². The molecule has 84 valence electrons. The predicted octanol–water partition coefficient (Wildman–Crippen LogP) is 2.40. The summed E-state index contributed by atoms with van der Waals surface area (Å²) in [4.78, 5) is 15.9. The van der Waals surface area contributed by atoms with Crippen molar-refractivity contribution in [3.63, 3.8) is 0 Å². The number of hydrogen-bond donors (Lipinski definition) is 1. The molecular weight excluding hydrogens is 242 g/mol. The summed E-state index contributed by atoms with van der Waals surface area (Å²) in [7, 11) is 0. The Labute approximate surface area is 102 Å². The number of nitrogens with one attached hydrogen (secondary N) is 1. The Kier molecular flexibility index (Phi) is 3.31. The van der Waals surface area contributed by atoms with Gasteiger partial charge < -0.3 is 5.32 Å². The lowest BCUT2D eigenvalue weighted by molar-refractivity contribution is -0.115. The van der Waals surface area contributed by atoms with Crippen LogP contribution >= 0.6 is 22.9 Å². The normalized spacial score (nSPS) is 10.4. The van der Waals surface area contributed by atoms with E-state index in [9.17, 15) is 4.79 Å². The first-order valence-corrected chi connectivity index (χ1v) is 6.43. The van der Waals surface area contributed by atoms with E-state index < -0.39 is 0 Å². The van der Waals surface area contributed by atoms with Crippen molar-refractivity contribution in [2.24, 2.45) is 0 Å². The van der Waals surface area contributed by atoms with Gasteiger partial charge in [-0.3, -0.25) is 4.79 Å². The van der Waals surface area contributed by atoms with Crippen LogP contribution < -0.4 is 5.32 Å². The number of amides is 1. The number of nitrogens with zero attached hydrogens (tertiary/aromatic N) is 2. The number of aryl methyl sites for hydroxylation is 2. The molecule has 0 aliphatic carbocycles. The summed E-state index contributed by atoms with van der Waals surface area (Å²) in [6.45, 7) is 3.83. The van der Waals surface area contributed by atoms with Gasteiger partial charge in [0.25, 0.3) is 0 Å². The van der Waals surface area contributed by atoms with Crippen LogP contribution in [0.1, 0.15) is 16.4 Å². The van der Waals surface area contributed by atoms with Gasteiger partial charge in [-0.2, -0.15) is 4.37 Å². The molecule has 0 unspecified atom stereocenters. The molecule has 16 heavy (non-hydrogen) atoms. The van der Waals surface area contributed by atoms with Gasteiger partial charge in [0.1, 0.15) is 5.00 Å². The van der Waals surface area contributed by atoms with Crippen molar-refractivity contribution in [3.05, 3.63) is 27.8 Å². The number of thiazole rings is 1. The quantitative estimate of drug-likeness (QED) is 0.913. The highest BCUT2D eigenvalue weighted by Crippen LogP contribution is 2.16. The molecule has 4 nitrogen and oxygen atoms in total. The lowest BCUT2D eigenvalue weighted by atomic mass is 10.3. The third kappa shape index (κ3) is 2.86. The predicted molar refractivity (Wildman–Crippen MR) is 66.0 cm³/mol. The summed E-state index contributed by atoms with van der Waals surface area (Å²) in [6, 6.07) is 1.86. The number of rotatable bonds is 3. The van der Waals surface area contributed by atoms with E-state index in [-0.39, 0.29) is 5.91 Å². The van der Waals surface area contributed by atoms with Gasteiger partial charge in [-0.15, -0.1) is 11.3 Å². The summed E-state index contributed by atoms with van der Waals surface area (Å²) in [5, 5.41) is 6.48. The summed E-state index contributed by atoms with van der Waals surface area (Å²) in [6.07, 6.45) is 0.321. The van der Waals surface area contributed by atoms with Gasteiger partial charge in [-0.1, -0.05) is 0 Å². The molecule has 0 saturated heterocycles. The monoisotopic (exact) mass is 253 g/mol. The van der Waals surface area contributed by atoms with E-state index in [2.05, 4.69) is 14.7 Å². The standard InChI is InChI=1S/C10H11N3OS2/c1-6-3-10(16-13-6)12-9(14)4-8-5-15-7(2)11-8/h3,5H,4H2,1-2H3,(H,12,14). The average molecular weight is 253 g/mol. The van der Waals surface area contributed by atoms with Crippen LogP contribution in [0.15, 0.2) is 11.4 Å². The number of aromatic nitrogens is 2. The minimum absolute atomic E-state index is 0.0473. The van der Waals surface area contributed by atoms with Gasteiger partial charge in [-0.05, 0) is 31.4 Å². The maximum atomic E-state index is 11.6. The maximum absolute atomic E-state index is 11.6. The molecule has 2 aromatic heterocycles. The molecule has 0 atom stereocenters. The van der Waals surface area contributed by atoms with E-state index in [0.717, 1.165) is 21.4 Å². The first-order valence-electron chi connectivity index (χ1n) is 4.77. The summed E-state index contributed by atoms with van der Waals surface area (Å²) in [5.74, 6) is -0.0473. The molecule has 1 N–H and O–H groups in total. The van der Waals surface area contributed by atoms with Gasteiger partial charge >= 0.3 is 0 Å². The molecule has 2 aromatic rings. The second-order valence-electron chi connectivity index (χ2n) is 3.42. The van der Waals surface area contributed by atoms with Gasteiger partial charge in [0, 0.05) is 5.38 Å². The topological polar surface area (TPSA) is 54.9 Å². The zero-order valence-corrected chi connectivity index (χ0v) is 10.6. The second-order valence-corrected chi connectivity index (χ2v) is 5.28. The number of anilines is 1. The second kappa shape index (κ2) is 4.71. The Hall–Kier alpha value is -1.27. The van der Waals surface area contributed by atoms with Crippen LogP contribution in [0, 0.1) is 13.8 Å². The number of carbonyl (C=O) groups excluding carboxylic acids is 1. The first-order chi connectivity index (χ1) is 7.63. The van der Waals surface area contributed by atoms with Crippen molar-refractivity contribution in [2.45, 2.75) is 20.3 Å². The summed E-state index contributed by atoms with van der Waals surface area (Å²) >= 11 is 2.85. The minimum Gasteiger partial charge on any atom is -0.316 e. The van der Waals surface area contributed by atoms with Crippen molar-refractivity contribution >= 4 is 33.8 Å². The molecule has 0 radical (unpaired) electrons. The fourth-order valence-electron chi connectivity index (χ4n) is 1.26. The highest BCUT2D eigenvalue weighted by molar-refractivity contribution is 7.10. The third-order valence-electron chi connectivity index (χ3n) is 1.90. The smallest absolute Gasteiger partial charge is 0.231 e. The van der Waals surface area contributed by atoms with Crippen molar-refractivity contribution < 1.29 is 4.79 Å². The van der Waals surface area contributed by atoms with Crippen LogP contribution in [0.4, 0.5) is 5.00 Å². The Morgan fingerprint density at radius 3 is 2.88 bits per heavy atom. The average Bonchev–Trinajstić information content (AvgIpc) is 2.76. The van der Waals surface area contributed by atoms with Crippen molar-refractivity contribution in [1.82, 2.24) is 9.36 Å². The van der Waals surface area contributed by atoms with E-state index in [4.69, 9.17) is 0 Å². The molecule has 1 amide bonds. The van der Waals surface area contributed by atoms with Crippen molar-refractivity contribution in [3.8, 4) is 0 Å². The highest BCUT2D eigenvalue weighted by Gasteiger charge is 2.08. The van der Waals surface area contributed by atoms with E-state index in [0.29, 0.717) is 6.42 Å². The lowest BCUT2D eigenvalue weighted by Crippen LogP contribution is -2.13. The number of hydrogen-bond acceptors (Lipinski definition) is 5. The Morgan fingerprint density at radius 1 is 1.50 bits per heavy atom. The van der Waals surface area contributed by atoms with Crippen LogP contribution in [-0.2, 0) is 11.2 Å². The molecule has 0 aliphatic heterocycles. The molecular formula is C10H11N3OS2. The Morgan fingerprint density at radius 2 is 2.31 bits per heavy atom. The highest BCUT2D eigenvalue weighted by atomic mass is 32.1. The molecule has 6 heteroatoms. The first kappa shape index (κ1) is 11.2. The molecule has 0 aromatic carbocycles. The largest absolute Gasteiger partial charge is 0.316 e.